The van der Waals surface area contributed by atoms with Gasteiger partial charge >= 0.3 is 11.9 Å². The maximum Gasteiger partial charge on any atom is 0.375 e. The lowest BCUT2D eigenvalue weighted by atomic mass is 9.98. The number of nitrogens with zero attached hydrogens (tertiary/aromatic N) is 1. The summed E-state index contributed by atoms with van der Waals surface area (Å²) in [5, 5.41) is 11.9. The highest BCUT2D eigenvalue weighted by Crippen LogP contribution is 2.34. The number of nitrogens with one attached hydrogen (secondary N) is 1. The quantitative estimate of drug-likeness (QED) is 0.222. The van der Waals surface area contributed by atoms with Crippen LogP contribution in [0.25, 0.3) is 0 Å². The third-order valence-electron chi connectivity index (χ3n) is 3.05. The van der Waals surface area contributed by atoms with Gasteiger partial charge in [-0.1, -0.05) is 23.2 Å². The molecular formula is C14H10Cl2N2O9. The molecule has 0 unspecified atom stereocenters. The molecule has 0 aromatic heterocycles. The Morgan fingerprint density at radius 3 is 1.96 bits per heavy atom. The number of rotatable bonds is 7. The van der Waals surface area contributed by atoms with Crippen molar-refractivity contribution in [3.63, 3.8) is 0 Å². The Hall–Kier alpha value is -3.05. The second-order valence-corrected chi connectivity index (χ2v) is 5.49. The van der Waals surface area contributed by atoms with Crippen LogP contribution in [-0.2, 0) is 33.4 Å². The van der Waals surface area contributed by atoms with E-state index >= 15 is 0 Å². The van der Waals surface area contributed by atoms with Crippen molar-refractivity contribution in [3.05, 3.63) is 32.3 Å². The summed E-state index contributed by atoms with van der Waals surface area (Å²) in [6.07, 6.45) is 0. The van der Waals surface area contributed by atoms with Gasteiger partial charge in [0.1, 0.15) is 0 Å². The molecular weight excluding hydrogens is 411 g/mol. The number of nitro groups is 1. The summed E-state index contributed by atoms with van der Waals surface area (Å²) in [6, 6.07) is 1.70. The van der Waals surface area contributed by atoms with Gasteiger partial charge in [-0.15, -0.1) is 0 Å². The number of Topliss-reactive ketones (excluding diaryl/α,β-unsaturated/α-hetero) is 2. The van der Waals surface area contributed by atoms with Crippen LogP contribution in [0.5, 0.6) is 0 Å². The van der Waals surface area contributed by atoms with Crippen LogP contribution in [0, 0.1) is 16.0 Å². The van der Waals surface area contributed by atoms with Crippen LogP contribution in [-0.4, -0.2) is 48.6 Å². The average Bonchev–Trinajstić information content (AvgIpc) is 2.62. The summed E-state index contributed by atoms with van der Waals surface area (Å²) in [6.45, 7) is 0. The molecule has 0 bridgehead atoms. The van der Waals surface area contributed by atoms with E-state index in [4.69, 9.17) is 23.2 Å². The van der Waals surface area contributed by atoms with Gasteiger partial charge in [-0.2, -0.15) is 0 Å². The predicted molar refractivity (Wildman–Crippen MR) is 89.3 cm³/mol. The number of halogens is 2. The number of amides is 1. The summed E-state index contributed by atoms with van der Waals surface area (Å²) in [5.74, 6) is -10.2. The van der Waals surface area contributed by atoms with E-state index in [2.05, 4.69) is 9.47 Å². The van der Waals surface area contributed by atoms with Crippen LogP contribution in [0.1, 0.15) is 0 Å². The third-order valence-corrected chi connectivity index (χ3v) is 3.64. The summed E-state index contributed by atoms with van der Waals surface area (Å²) in [4.78, 5) is 69.0. The van der Waals surface area contributed by atoms with Crippen molar-refractivity contribution in [1.29, 1.82) is 0 Å². The number of benzene rings is 1. The minimum atomic E-state index is -2.40. The first kappa shape index (κ1) is 22.0. The Morgan fingerprint density at radius 1 is 1.04 bits per heavy atom. The number of hydrogen-bond donors (Lipinski definition) is 1. The minimum Gasteiger partial charge on any atom is -0.468 e. The fourth-order valence-corrected chi connectivity index (χ4v) is 2.33. The van der Waals surface area contributed by atoms with Crippen LogP contribution in [0.2, 0.25) is 10.0 Å². The molecule has 27 heavy (non-hydrogen) atoms. The molecule has 0 aliphatic carbocycles. The number of carbonyl (C=O) groups is 5. The lowest BCUT2D eigenvalue weighted by Crippen LogP contribution is -2.42. The van der Waals surface area contributed by atoms with E-state index in [9.17, 15) is 34.1 Å². The van der Waals surface area contributed by atoms with Crippen LogP contribution in [0.3, 0.4) is 0 Å². The smallest absolute Gasteiger partial charge is 0.375 e. The summed E-state index contributed by atoms with van der Waals surface area (Å²) in [7, 11) is 1.66. The van der Waals surface area contributed by atoms with Crippen molar-refractivity contribution < 1.29 is 38.4 Å². The van der Waals surface area contributed by atoms with Gasteiger partial charge in [-0.3, -0.25) is 29.3 Å². The largest absolute Gasteiger partial charge is 0.468 e. The second kappa shape index (κ2) is 9.05. The predicted octanol–water partition coefficient (Wildman–Crippen LogP) is 0.940. The van der Waals surface area contributed by atoms with E-state index in [1.807, 2.05) is 5.32 Å². The van der Waals surface area contributed by atoms with Crippen LogP contribution in [0.15, 0.2) is 12.1 Å². The standard InChI is InChI=1S/C14H10Cl2N2O9/c1-26-13(22)8(11(20)14(23)27-2)10(19)12(21)17-9-6(15)3-5(18(24)25)4-7(9)16/h3-4,8H,1-2H3,(H,17,21)/t8-/m1/s1. The third kappa shape index (κ3) is 4.99. The molecule has 0 spiro atoms. The Labute approximate surface area is 160 Å². The number of carbonyl (C=O) groups excluding carboxylic acids is 5. The highest BCUT2D eigenvalue weighted by molar-refractivity contribution is 6.55. The lowest BCUT2D eigenvalue weighted by molar-refractivity contribution is -0.384. The number of anilines is 1. The average molecular weight is 421 g/mol. The van der Waals surface area contributed by atoms with E-state index < -0.39 is 45.9 Å². The van der Waals surface area contributed by atoms with Crippen molar-refractivity contribution in [3.8, 4) is 0 Å². The van der Waals surface area contributed by atoms with Gasteiger partial charge in [-0.05, 0) is 0 Å². The number of non-ortho nitro benzene ring substituents is 1. The van der Waals surface area contributed by atoms with Gasteiger partial charge in [0.25, 0.3) is 17.4 Å². The highest BCUT2D eigenvalue weighted by Gasteiger charge is 2.43. The molecule has 144 valence electrons. The molecule has 1 N–H and O–H groups in total. The highest BCUT2D eigenvalue weighted by atomic mass is 35.5. The van der Waals surface area contributed by atoms with E-state index in [1.165, 1.54) is 0 Å². The normalized spacial score (nSPS) is 11.1. The first-order valence-corrected chi connectivity index (χ1v) is 7.49. The molecule has 0 aliphatic rings. The first-order chi connectivity index (χ1) is 12.5. The molecule has 0 heterocycles. The van der Waals surface area contributed by atoms with E-state index in [-0.39, 0.29) is 15.7 Å². The van der Waals surface area contributed by atoms with Gasteiger partial charge in [-0.25, -0.2) is 4.79 Å². The van der Waals surface area contributed by atoms with Gasteiger partial charge in [0.05, 0.1) is 34.9 Å². The number of nitro benzene ring substituents is 1. The van der Waals surface area contributed by atoms with Crippen LogP contribution < -0.4 is 5.32 Å². The van der Waals surface area contributed by atoms with E-state index in [0.717, 1.165) is 26.4 Å². The Morgan fingerprint density at radius 2 is 1.56 bits per heavy atom. The van der Waals surface area contributed by atoms with Crippen molar-refractivity contribution in [2.45, 2.75) is 0 Å². The van der Waals surface area contributed by atoms with Gasteiger partial charge in [0.15, 0.2) is 5.92 Å². The molecule has 0 fully saturated rings. The van der Waals surface area contributed by atoms with Gasteiger partial charge in [0.2, 0.25) is 5.78 Å². The first-order valence-electron chi connectivity index (χ1n) is 6.73. The zero-order chi connectivity index (χ0) is 20.9. The Bertz CT molecular complexity index is 830. The van der Waals surface area contributed by atoms with E-state index in [0.29, 0.717) is 0 Å². The zero-order valence-corrected chi connectivity index (χ0v) is 15.1. The van der Waals surface area contributed by atoms with Crippen molar-refractivity contribution in [1.82, 2.24) is 0 Å². The molecule has 0 aliphatic heterocycles. The second-order valence-electron chi connectivity index (χ2n) is 4.67. The number of esters is 2. The maximum absolute atomic E-state index is 12.2. The van der Waals surface area contributed by atoms with Crippen molar-refractivity contribution in [2.75, 3.05) is 19.5 Å². The van der Waals surface area contributed by atoms with Crippen molar-refractivity contribution in [2.24, 2.45) is 5.92 Å². The zero-order valence-electron chi connectivity index (χ0n) is 13.6. The summed E-state index contributed by atoms with van der Waals surface area (Å²) in [5.41, 5.74) is -0.862. The van der Waals surface area contributed by atoms with E-state index in [1.54, 1.807) is 0 Å². The molecule has 1 atom stereocenters. The molecule has 11 nitrogen and oxygen atoms in total. The molecule has 0 saturated carbocycles. The van der Waals surface area contributed by atoms with Crippen molar-refractivity contribution >= 4 is 64.0 Å². The number of ketones is 2. The van der Waals surface area contributed by atoms with Gasteiger partial charge < -0.3 is 14.8 Å². The molecule has 1 rings (SSSR count). The Balaban J connectivity index is 3.18. The molecule has 0 radical (unpaired) electrons. The van der Waals surface area contributed by atoms with Crippen LogP contribution in [0.4, 0.5) is 11.4 Å². The molecule has 1 amide bonds. The fourth-order valence-electron chi connectivity index (χ4n) is 1.76. The molecule has 13 heteroatoms. The SMILES string of the molecule is COC(=O)C(=O)[C@H](C(=O)OC)C(=O)C(=O)Nc1c(Cl)cc([N+](=O)[O-])cc1Cl. The molecule has 1 aromatic carbocycles. The monoisotopic (exact) mass is 420 g/mol. The molecule has 0 saturated heterocycles. The fraction of sp³-hybridized carbons (Fsp3) is 0.214. The summed E-state index contributed by atoms with van der Waals surface area (Å²) >= 11 is 11.6. The van der Waals surface area contributed by atoms with Crippen LogP contribution >= 0.6 is 23.2 Å². The maximum atomic E-state index is 12.2. The lowest BCUT2D eigenvalue weighted by Gasteiger charge is -2.12. The topological polar surface area (TPSA) is 159 Å². The number of hydrogen-bond acceptors (Lipinski definition) is 9. The number of methoxy groups -OCH3 is 2. The number of ether oxygens (including phenoxy) is 2. The summed E-state index contributed by atoms with van der Waals surface area (Å²) < 4.78 is 8.37. The van der Waals surface area contributed by atoms with Gasteiger partial charge in [0, 0.05) is 12.1 Å². The minimum absolute atomic E-state index is 0.378. The Kier molecular flexibility index (Phi) is 7.37. The molecule has 1 aromatic rings.